The molecule has 0 fully saturated rings. The maximum atomic E-state index is 13.4. The van der Waals surface area contributed by atoms with Crippen LogP contribution in [0, 0.1) is 12.7 Å². The lowest BCUT2D eigenvalue weighted by atomic mass is 9.95. The third-order valence-corrected chi connectivity index (χ3v) is 5.66. The first-order valence-electron chi connectivity index (χ1n) is 10.8. The molecule has 8 heteroatoms. The standard InChI is InChI=1S/C25H22FN5O2/c1-16-15-19(33-25-27-13-4-14-28-25)11-12-21(16)29-24(32)23-20-5-2-3-6-22(20)31(30-23)18-9-7-17(26)8-10-18/h4,7-15H,2-3,5-6H2,1H3,(H,29,32). The lowest BCUT2D eigenvalue weighted by Crippen LogP contribution is -2.16. The fourth-order valence-corrected chi connectivity index (χ4v) is 4.04. The minimum Gasteiger partial charge on any atom is -0.424 e. The van der Waals surface area contributed by atoms with Crippen LogP contribution in [-0.2, 0) is 12.8 Å². The number of nitrogens with zero attached hydrogens (tertiary/aromatic N) is 4. The molecule has 0 bridgehead atoms. The summed E-state index contributed by atoms with van der Waals surface area (Å²) >= 11 is 0. The molecule has 1 aliphatic rings. The Kier molecular flexibility index (Phi) is 5.56. The normalized spacial score (nSPS) is 12.8. The number of nitrogens with one attached hydrogen (secondary N) is 1. The number of anilines is 1. The molecule has 0 saturated heterocycles. The minimum atomic E-state index is -0.306. The Morgan fingerprint density at radius 2 is 1.82 bits per heavy atom. The summed E-state index contributed by atoms with van der Waals surface area (Å²) in [6, 6.07) is 13.5. The molecule has 0 unspecified atom stereocenters. The molecule has 1 N–H and O–H groups in total. The number of amides is 1. The van der Waals surface area contributed by atoms with Crippen molar-refractivity contribution in [3.05, 3.63) is 89.3 Å². The van der Waals surface area contributed by atoms with E-state index in [9.17, 15) is 9.18 Å². The predicted octanol–water partition coefficient (Wildman–Crippen LogP) is 5.03. The molecule has 2 aromatic heterocycles. The minimum absolute atomic E-state index is 0.256. The van der Waals surface area contributed by atoms with Crippen molar-refractivity contribution in [2.45, 2.75) is 32.6 Å². The lowest BCUT2D eigenvalue weighted by Gasteiger charge is -2.14. The molecule has 4 aromatic rings. The van der Waals surface area contributed by atoms with Gasteiger partial charge < -0.3 is 10.1 Å². The summed E-state index contributed by atoms with van der Waals surface area (Å²) in [6.07, 6.45) is 6.88. The number of hydrogen-bond acceptors (Lipinski definition) is 5. The van der Waals surface area contributed by atoms with Crippen LogP contribution in [0.2, 0.25) is 0 Å². The largest absolute Gasteiger partial charge is 0.424 e. The van der Waals surface area contributed by atoms with E-state index in [0.29, 0.717) is 17.1 Å². The molecule has 0 saturated carbocycles. The molecule has 33 heavy (non-hydrogen) atoms. The molecule has 2 aromatic carbocycles. The Bertz CT molecular complexity index is 1300. The second-order valence-corrected chi connectivity index (χ2v) is 7.93. The van der Waals surface area contributed by atoms with Gasteiger partial charge in [-0.05, 0) is 86.7 Å². The first-order chi connectivity index (χ1) is 16.1. The average Bonchev–Trinajstić information content (AvgIpc) is 3.22. The Hall–Kier alpha value is -4.07. The number of fused-ring (bicyclic) bond motifs is 1. The number of halogens is 1. The van der Waals surface area contributed by atoms with Crippen LogP contribution in [0.1, 0.15) is 40.2 Å². The number of ether oxygens (including phenoxy) is 1. The zero-order chi connectivity index (χ0) is 22.8. The smallest absolute Gasteiger partial charge is 0.321 e. The molecule has 7 nitrogen and oxygen atoms in total. The molecule has 0 atom stereocenters. The van der Waals surface area contributed by atoms with Crippen molar-refractivity contribution in [1.82, 2.24) is 19.7 Å². The Labute approximate surface area is 190 Å². The van der Waals surface area contributed by atoms with Gasteiger partial charge in [0.1, 0.15) is 11.6 Å². The summed E-state index contributed by atoms with van der Waals surface area (Å²) in [6.45, 7) is 1.89. The summed E-state index contributed by atoms with van der Waals surface area (Å²) in [5, 5.41) is 7.61. The summed E-state index contributed by atoms with van der Waals surface area (Å²) < 4.78 is 20.8. The molecule has 0 spiro atoms. The Morgan fingerprint density at radius 3 is 2.58 bits per heavy atom. The van der Waals surface area contributed by atoms with E-state index < -0.39 is 0 Å². The van der Waals surface area contributed by atoms with E-state index in [4.69, 9.17) is 4.74 Å². The molecule has 0 aliphatic heterocycles. The highest BCUT2D eigenvalue weighted by atomic mass is 19.1. The molecule has 5 rings (SSSR count). The van der Waals surface area contributed by atoms with Crippen molar-refractivity contribution in [3.63, 3.8) is 0 Å². The van der Waals surface area contributed by atoms with Gasteiger partial charge in [0.25, 0.3) is 5.91 Å². The van der Waals surface area contributed by atoms with Gasteiger partial charge in [-0.2, -0.15) is 5.10 Å². The number of rotatable bonds is 5. The van der Waals surface area contributed by atoms with Crippen LogP contribution < -0.4 is 10.1 Å². The average molecular weight is 443 g/mol. The number of carbonyl (C=O) groups excluding carboxylic acids is 1. The maximum absolute atomic E-state index is 13.4. The van der Waals surface area contributed by atoms with Gasteiger partial charge in [-0.3, -0.25) is 4.79 Å². The van der Waals surface area contributed by atoms with Crippen LogP contribution in [0.5, 0.6) is 11.8 Å². The van der Waals surface area contributed by atoms with Gasteiger partial charge in [0.15, 0.2) is 5.69 Å². The quantitative estimate of drug-likeness (QED) is 0.468. The van der Waals surface area contributed by atoms with Crippen molar-refractivity contribution < 1.29 is 13.9 Å². The first kappa shape index (κ1) is 20.8. The van der Waals surface area contributed by atoms with Gasteiger partial charge >= 0.3 is 6.01 Å². The molecular weight excluding hydrogens is 421 g/mol. The van der Waals surface area contributed by atoms with E-state index in [-0.39, 0.29) is 17.7 Å². The number of carbonyl (C=O) groups is 1. The van der Waals surface area contributed by atoms with Crippen molar-refractivity contribution >= 4 is 11.6 Å². The van der Waals surface area contributed by atoms with Crippen LogP contribution >= 0.6 is 0 Å². The second-order valence-electron chi connectivity index (χ2n) is 7.93. The lowest BCUT2D eigenvalue weighted by molar-refractivity contribution is 0.102. The van der Waals surface area contributed by atoms with Crippen LogP contribution in [0.4, 0.5) is 10.1 Å². The van der Waals surface area contributed by atoms with Crippen molar-refractivity contribution in [1.29, 1.82) is 0 Å². The third kappa shape index (κ3) is 4.32. The number of hydrogen-bond donors (Lipinski definition) is 1. The Morgan fingerprint density at radius 1 is 1.06 bits per heavy atom. The van der Waals surface area contributed by atoms with Gasteiger partial charge in [-0.25, -0.2) is 19.0 Å². The van der Waals surface area contributed by atoms with Crippen LogP contribution in [-0.4, -0.2) is 25.7 Å². The van der Waals surface area contributed by atoms with Crippen molar-refractivity contribution in [3.8, 4) is 17.4 Å². The molecule has 0 radical (unpaired) electrons. The molecule has 2 heterocycles. The maximum Gasteiger partial charge on any atom is 0.321 e. The molecule has 166 valence electrons. The monoisotopic (exact) mass is 443 g/mol. The molecular formula is C25H22FN5O2. The first-order valence-corrected chi connectivity index (χ1v) is 10.8. The summed E-state index contributed by atoms with van der Waals surface area (Å²) in [7, 11) is 0. The van der Waals surface area contributed by atoms with E-state index >= 15 is 0 Å². The van der Waals surface area contributed by atoms with E-state index in [0.717, 1.165) is 48.2 Å². The zero-order valence-corrected chi connectivity index (χ0v) is 18.1. The fourth-order valence-electron chi connectivity index (χ4n) is 4.04. The van der Waals surface area contributed by atoms with E-state index in [1.807, 2.05) is 13.0 Å². The topological polar surface area (TPSA) is 81.9 Å². The summed E-state index contributed by atoms with van der Waals surface area (Å²) in [5.74, 6) is 0.00584. The summed E-state index contributed by atoms with van der Waals surface area (Å²) in [5.41, 5.74) is 4.63. The third-order valence-electron chi connectivity index (χ3n) is 5.66. The second kappa shape index (κ2) is 8.82. The van der Waals surface area contributed by atoms with Gasteiger partial charge in [-0.1, -0.05) is 0 Å². The number of benzene rings is 2. The fraction of sp³-hybridized carbons (Fsp3) is 0.200. The van der Waals surface area contributed by atoms with Crippen LogP contribution in [0.3, 0.4) is 0 Å². The van der Waals surface area contributed by atoms with E-state index in [2.05, 4.69) is 20.4 Å². The van der Waals surface area contributed by atoms with Gasteiger partial charge in [0, 0.05) is 29.3 Å². The highest BCUT2D eigenvalue weighted by molar-refractivity contribution is 6.04. The SMILES string of the molecule is Cc1cc(Oc2ncccn2)ccc1NC(=O)c1nn(-c2ccc(F)cc2)c2c1CCCC2. The number of aromatic nitrogens is 4. The molecule has 1 aliphatic carbocycles. The van der Waals surface area contributed by atoms with E-state index in [1.54, 1.807) is 47.4 Å². The Balaban J connectivity index is 1.40. The zero-order valence-electron chi connectivity index (χ0n) is 18.1. The van der Waals surface area contributed by atoms with Crippen LogP contribution in [0.25, 0.3) is 5.69 Å². The van der Waals surface area contributed by atoms with E-state index in [1.165, 1.54) is 12.1 Å². The summed E-state index contributed by atoms with van der Waals surface area (Å²) in [4.78, 5) is 21.3. The van der Waals surface area contributed by atoms with Crippen molar-refractivity contribution in [2.75, 3.05) is 5.32 Å². The van der Waals surface area contributed by atoms with Gasteiger partial charge in [0.2, 0.25) is 0 Å². The van der Waals surface area contributed by atoms with Gasteiger partial charge in [0.05, 0.1) is 5.69 Å². The number of aryl methyl sites for hydroxylation is 1. The van der Waals surface area contributed by atoms with Gasteiger partial charge in [-0.15, -0.1) is 0 Å². The van der Waals surface area contributed by atoms with Crippen molar-refractivity contribution in [2.24, 2.45) is 0 Å². The highest BCUT2D eigenvalue weighted by Gasteiger charge is 2.26. The molecule has 1 amide bonds. The predicted molar refractivity (Wildman–Crippen MR) is 121 cm³/mol. The highest BCUT2D eigenvalue weighted by Crippen LogP contribution is 2.29. The van der Waals surface area contributed by atoms with Crippen LogP contribution in [0.15, 0.2) is 60.9 Å².